The molecule has 1 saturated heterocycles. The van der Waals surface area contributed by atoms with Gasteiger partial charge >= 0.3 is 11.8 Å². The molecule has 9 atom stereocenters. The van der Waals surface area contributed by atoms with Crippen molar-refractivity contribution in [3.8, 4) is 17.2 Å². The van der Waals surface area contributed by atoms with E-state index < -0.39 is 77.3 Å². The Morgan fingerprint density at radius 2 is 1.65 bits per heavy atom. The number of carbonyl (C=O) groups is 3. The van der Waals surface area contributed by atoms with Gasteiger partial charge in [-0.1, -0.05) is 87.6 Å². The number of aliphatic hydroxyl groups excluding tert-OH is 2. The lowest BCUT2D eigenvalue weighted by Gasteiger charge is -2.38. The highest BCUT2D eigenvalue weighted by atomic mass is 32.1. The number of nitrogens with one attached hydrogen (secondary N) is 1. The van der Waals surface area contributed by atoms with Gasteiger partial charge in [-0.3, -0.25) is 19.3 Å². The van der Waals surface area contributed by atoms with E-state index in [1.165, 1.54) is 44.1 Å². The van der Waals surface area contributed by atoms with Gasteiger partial charge in [-0.2, -0.15) is 0 Å². The van der Waals surface area contributed by atoms with E-state index in [1.807, 2.05) is 18.2 Å². The number of piperazine rings is 1. The third kappa shape index (κ3) is 9.19. The molecule has 3 aromatic carbocycles. The summed E-state index contributed by atoms with van der Waals surface area (Å²) in [6.45, 7) is 16.5. The number of methoxy groups -OCH3 is 1. The number of ether oxygens (including phenoxy) is 4. The number of rotatable bonds is 5. The van der Waals surface area contributed by atoms with Crippen molar-refractivity contribution in [2.24, 2.45) is 23.7 Å². The lowest BCUT2D eigenvalue weighted by molar-refractivity contribution is -0.160. The predicted molar refractivity (Wildman–Crippen MR) is 249 cm³/mol. The van der Waals surface area contributed by atoms with Crippen LogP contribution in [0.15, 0.2) is 66.5 Å². The molecule has 0 saturated carbocycles. The van der Waals surface area contributed by atoms with Crippen LogP contribution in [0.5, 0.6) is 17.2 Å². The van der Waals surface area contributed by atoms with Gasteiger partial charge in [0.25, 0.3) is 11.7 Å². The standard InChI is InChI=1S/C49H60N4O11S/c1-25-14-13-15-26(2)47(60)50-38-42(58)35-34(37-45(38)65-48(51-37)53-21-19-52(20-22-53)24-32-16-11-10-12-17-32)36-44(30(6)41(35)57)64-49(8,46(36)59)62-23-18-33(61-9)27(3)43(63-31(7)54)29(5)40(56)28(4)39(25)55/h10-18,23,25,27-29,33,39-40,43,55-58H,19-22,24H2,1-9H3,(H,50,60)/b14-13-,23-18?,26-15-/t25-,27+,28+,29+,33-,39-,40+,43+,49-/m0/s1. The average molecular weight is 913 g/mol. The number of aromatic hydroxyl groups is 2. The highest BCUT2D eigenvalue weighted by Gasteiger charge is 2.50. The Labute approximate surface area is 382 Å². The number of thiazole rings is 1. The molecule has 0 aliphatic carbocycles. The van der Waals surface area contributed by atoms with Gasteiger partial charge in [0, 0.05) is 93.9 Å². The summed E-state index contributed by atoms with van der Waals surface area (Å²) in [4.78, 5) is 50.8. The minimum atomic E-state index is -1.96. The molecule has 0 spiro atoms. The van der Waals surface area contributed by atoms with Crippen LogP contribution in [-0.4, -0.2) is 111 Å². The van der Waals surface area contributed by atoms with E-state index in [2.05, 4.69) is 27.2 Å². The van der Waals surface area contributed by atoms with Crippen LogP contribution in [0.4, 0.5) is 10.8 Å². The number of aliphatic hydroxyl groups is 2. The molecular formula is C49H60N4O11S. The van der Waals surface area contributed by atoms with Crippen LogP contribution in [0.25, 0.3) is 21.0 Å². The van der Waals surface area contributed by atoms with Gasteiger partial charge in [0.2, 0.25) is 0 Å². The third-order valence-electron chi connectivity index (χ3n) is 13.2. The number of hydrogen-bond acceptors (Lipinski definition) is 15. The molecule has 4 heterocycles. The topological polar surface area (TPSA) is 200 Å². The van der Waals surface area contributed by atoms with Gasteiger partial charge in [0.15, 0.2) is 10.9 Å². The fourth-order valence-electron chi connectivity index (χ4n) is 9.19. The average Bonchev–Trinajstić information content (AvgIpc) is 3.84. The molecule has 5 N–H and O–H groups in total. The van der Waals surface area contributed by atoms with Crippen molar-refractivity contribution in [3.05, 3.63) is 83.2 Å². The number of benzene rings is 3. The summed E-state index contributed by atoms with van der Waals surface area (Å²) >= 11 is 1.25. The zero-order chi connectivity index (χ0) is 47.1. The van der Waals surface area contributed by atoms with Gasteiger partial charge in [-0.25, -0.2) is 4.98 Å². The summed E-state index contributed by atoms with van der Waals surface area (Å²) in [5.41, 5.74) is 1.97. The van der Waals surface area contributed by atoms with Gasteiger partial charge in [-0.05, 0) is 25.5 Å². The Kier molecular flexibility index (Phi) is 14.0. The number of phenols is 2. The molecule has 348 valence electrons. The van der Waals surface area contributed by atoms with Gasteiger partial charge in [0.05, 0.1) is 45.7 Å². The highest BCUT2D eigenvalue weighted by Crippen LogP contribution is 2.55. The number of ketones is 1. The number of esters is 1. The fraction of sp³-hybridized carbons (Fsp3) is 0.469. The maximum atomic E-state index is 14.8. The number of Topliss-reactive ketones (excluding diaryl/α,β-unsaturated/α-hetero) is 1. The molecule has 15 nitrogen and oxygen atoms in total. The summed E-state index contributed by atoms with van der Waals surface area (Å²) in [6, 6.07) is 10.2. The van der Waals surface area contributed by atoms with E-state index >= 15 is 0 Å². The smallest absolute Gasteiger partial charge is 0.312 e. The molecule has 4 bridgehead atoms. The zero-order valence-electron chi connectivity index (χ0n) is 38.3. The highest BCUT2D eigenvalue weighted by molar-refractivity contribution is 7.23. The van der Waals surface area contributed by atoms with Crippen molar-refractivity contribution in [1.82, 2.24) is 9.88 Å². The summed E-state index contributed by atoms with van der Waals surface area (Å²) < 4.78 is 24.4. The SMILES string of the molecule is CO[C@H]1C=CO[C@@]2(C)Oc3c(C)c(O)c4c(O)c(c5sc(N6CCN(Cc7ccccc7)CC6)nc5c4c3C2=O)NC(=O)/C(C)=C\C=C/[C@H](C)[C@H](O)[C@@H](C)[C@@H](O)[C@@H](C)[C@H](OC(C)=O)[C@@H]1C. The third-order valence-corrected chi connectivity index (χ3v) is 14.4. The largest absolute Gasteiger partial charge is 0.507 e. The molecule has 65 heavy (non-hydrogen) atoms. The molecule has 1 aromatic heterocycles. The van der Waals surface area contributed by atoms with E-state index in [4.69, 9.17) is 23.9 Å². The molecule has 3 aliphatic rings. The van der Waals surface area contributed by atoms with Crippen LogP contribution < -0.4 is 15.0 Å². The van der Waals surface area contributed by atoms with Gasteiger partial charge in [-0.15, -0.1) is 0 Å². The van der Waals surface area contributed by atoms with E-state index in [-0.39, 0.29) is 50.2 Å². The van der Waals surface area contributed by atoms with Crippen molar-refractivity contribution >= 4 is 60.8 Å². The van der Waals surface area contributed by atoms with Crippen LogP contribution in [0.1, 0.15) is 70.0 Å². The lowest BCUT2D eigenvalue weighted by Crippen LogP contribution is -2.46. The Bertz CT molecular complexity index is 2550. The summed E-state index contributed by atoms with van der Waals surface area (Å²) in [6.07, 6.45) is 3.97. The summed E-state index contributed by atoms with van der Waals surface area (Å²) in [5, 5.41) is 50.6. The molecule has 7 rings (SSSR count). The first-order valence-corrected chi connectivity index (χ1v) is 22.8. The fourth-order valence-corrected chi connectivity index (χ4v) is 10.3. The van der Waals surface area contributed by atoms with Crippen molar-refractivity contribution in [2.45, 2.75) is 92.1 Å². The van der Waals surface area contributed by atoms with Crippen LogP contribution in [0.3, 0.4) is 0 Å². The van der Waals surface area contributed by atoms with Crippen molar-refractivity contribution < 1.29 is 53.8 Å². The van der Waals surface area contributed by atoms with Crippen molar-refractivity contribution in [2.75, 3.05) is 43.5 Å². The molecule has 16 heteroatoms. The molecule has 0 unspecified atom stereocenters. The second kappa shape index (κ2) is 19.1. The first-order chi connectivity index (χ1) is 30.9. The number of nitrogens with zero attached hydrogens (tertiary/aromatic N) is 3. The van der Waals surface area contributed by atoms with Crippen LogP contribution in [0.2, 0.25) is 0 Å². The summed E-state index contributed by atoms with van der Waals surface area (Å²) in [7, 11) is 1.47. The number of aromatic nitrogens is 1. The first kappa shape index (κ1) is 47.4. The molecule has 3 aliphatic heterocycles. The van der Waals surface area contributed by atoms with Gasteiger partial charge < -0.3 is 49.6 Å². The Morgan fingerprint density at radius 3 is 2.31 bits per heavy atom. The maximum absolute atomic E-state index is 14.8. The minimum absolute atomic E-state index is 0.0191. The molecule has 1 amide bonds. The normalized spacial score (nSPS) is 29.6. The number of fused-ring (bicyclic) bond motifs is 1. The lowest BCUT2D eigenvalue weighted by atomic mass is 9.78. The summed E-state index contributed by atoms with van der Waals surface area (Å²) in [5.74, 6) is -6.84. The quantitative estimate of drug-likeness (QED) is 0.101. The number of carbonyl (C=O) groups excluding carboxylic acids is 3. The second-order valence-corrected chi connectivity index (χ2v) is 18.8. The van der Waals surface area contributed by atoms with Gasteiger partial charge in [0.1, 0.15) is 23.3 Å². The second-order valence-electron chi connectivity index (χ2n) is 17.8. The molecule has 1 fully saturated rings. The minimum Gasteiger partial charge on any atom is -0.507 e. The zero-order valence-corrected chi connectivity index (χ0v) is 39.1. The monoisotopic (exact) mass is 912 g/mol. The number of phenolic OH excluding ortho intramolecular Hbond substituents is 2. The first-order valence-electron chi connectivity index (χ1n) is 22.0. The van der Waals surface area contributed by atoms with Crippen molar-refractivity contribution in [1.29, 1.82) is 0 Å². The molecule has 0 radical (unpaired) electrons. The van der Waals surface area contributed by atoms with Crippen molar-refractivity contribution in [3.63, 3.8) is 0 Å². The van der Waals surface area contributed by atoms with Crippen LogP contribution >= 0.6 is 11.3 Å². The maximum Gasteiger partial charge on any atom is 0.312 e. The number of hydrogen-bond donors (Lipinski definition) is 5. The van der Waals surface area contributed by atoms with E-state index in [1.54, 1.807) is 65.8 Å². The number of amides is 1. The van der Waals surface area contributed by atoms with Crippen LogP contribution in [0, 0.1) is 30.6 Å². The Hall–Kier alpha value is -5.52. The van der Waals surface area contributed by atoms with E-state index in [0.717, 1.165) is 19.6 Å². The van der Waals surface area contributed by atoms with E-state index in [9.17, 15) is 34.8 Å². The van der Waals surface area contributed by atoms with E-state index in [0.29, 0.717) is 22.9 Å². The Balaban J connectivity index is 1.35. The predicted octanol–water partition coefficient (Wildman–Crippen LogP) is 6.98. The number of anilines is 2. The van der Waals surface area contributed by atoms with Crippen LogP contribution in [-0.2, 0) is 30.3 Å². The Morgan fingerprint density at radius 1 is 0.954 bits per heavy atom. The molecular weight excluding hydrogens is 853 g/mol. The number of allylic oxidation sites excluding steroid dienone is 2. The molecule has 4 aromatic rings.